The highest BCUT2D eigenvalue weighted by Gasteiger charge is 2.17. The summed E-state index contributed by atoms with van der Waals surface area (Å²) in [5.41, 5.74) is 6.34. The first-order valence-electron chi connectivity index (χ1n) is 10.2. The fourth-order valence-corrected chi connectivity index (χ4v) is 4.19. The van der Waals surface area contributed by atoms with Gasteiger partial charge in [0, 0.05) is 4.47 Å². The maximum Gasteiger partial charge on any atom is 0.160 e. The Morgan fingerprint density at radius 1 is 1.03 bits per heavy atom. The minimum Gasteiger partial charge on any atom is -0.504 e. The van der Waals surface area contributed by atoms with Gasteiger partial charge in [0.15, 0.2) is 17.1 Å². The molecule has 0 amide bonds. The molecule has 0 bridgehead atoms. The number of nitrogens with zero attached hydrogens (tertiary/aromatic N) is 3. The van der Waals surface area contributed by atoms with Crippen LogP contribution in [0.5, 0.6) is 11.5 Å². The molecule has 5 aromatic rings. The number of hydrogen-bond acceptors (Lipinski definition) is 4. The van der Waals surface area contributed by atoms with Crippen molar-refractivity contribution in [2.75, 3.05) is 7.11 Å². The van der Waals surface area contributed by atoms with Gasteiger partial charge >= 0.3 is 0 Å². The Labute approximate surface area is 199 Å². The normalized spacial score (nSPS) is 11.3. The zero-order valence-electron chi connectivity index (χ0n) is 17.7. The number of methoxy groups -OCH3 is 1. The lowest BCUT2D eigenvalue weighted by molar-refractivity contribution is 0.373. The lowest BCUT2D eigenvalue weighted by Crippen LogP contribution is -1.98. The lowest BCUT2D eigenvalue weighted by atomic mass is 10.0. The van der Waals surface area contributed by atoms with Gasteiger partial charge in [0.1, 0.15) is 11.6 Å². The van der Waals surface area contributed by atoms with E-state index in [-0.39, 0.29) is 5.75 Å². The maximum atomic E-state index is 10.1. The molecule has 1 N–H and O–H groups in total. The molecule has 0 radical (unpaired) electrons. The molecule has 5 nitrogen and oxygen atoms in total. The van der Waals surface area contributed by atoms with Crippen molar-refractivity contribution in [2.24, 2.45) is 0 Å². The van der Waals surface area contributed by atoms with Crippen LogP contribution < -0.4 is 4.74 Å². The van der Waals surface area contributed by atoms with E-state index in [2.05, 4.69) is 22.0 Å². The predicted octanol–water partition coefficient (Wildman–Crippen LogP) is 6.67. The fourth-order valence-electron chi connectivity index (χ4n) is 3.93. The number of benzene rings is 3. The summed E-state index contributed by atoms with van der Waals surface area (Å²) in [4.78, 5) is 4.78. The van der Waals surface area contributed by atoms with Crippen molar-refractivity contribution in [3.8, 4) is 28.8 Å². The first kappa shape index (κ1) is 20.8. The Hall–Kier alpha value is -4.08. The van der Waals surface area contributed by atoms with Crippen LogP contribution in [0.3, 0.4) is 0 Å². The van der Waals surface area contributed by atoms with Crippen LogP contribution in [0.1, 0.15) is 16.7 Å². The minimum absolute atomic E-state index is 0.0608. The van der Waals surface area contributed by atoms with E-state index in [1.165, 1.54) is 7.11 Å². The number of phenols is 1. The van der Waals surface area contributed by atoms with Gasteiger partial charge in [0.25, 0.3) is 0 Å². The topological polar surface area (TPSA) is 70.5 Å². The number of imidazole rings is 1. The van der Waals surface area contributed by atoms with E-state index in [1.54, 1.807) is 12.1 Å². The standard InChI is InChI=1S/C27H18BrN3O2/c1-33-26-13-7-17(14-25(26)32)6-8-19-15-24(18-9-11-20(28)12-10-18)31-23-5-3-2-4-22(23)30-27(31)21(19)16-29/h2-15,32H,1H3. The Bertz CT molecular complexity index is 1580. The molecule has 0 aliphatic carbocycles. The Kier molecular flexibility index (Phi) is 5.33. The monoisotopic (exact) mass is 495 g/mol. The first-order valence-corrected chi connectivity index (χ1v) is 11.0. The highest BCUT2D eigenvalue weighted by atomic mass is 79.9. The van der Waals surface area contributed by atoms with Gasteiger partial charge in [0.2, 0.25) is 0 Å². The molecule has 0 unspecified atom stereocenters. The molecule has 6 heteroatoms. The van der Waals surface area contributed by atoms with Gasteiger partial charge in [-0.3, -0.25) is 4.40 Å². The summed E-state index contributed by atoms with van der Waals surface area (Å²) in [6.45, 7) is 0. The first-order chi connectivity index (χ1) is 16.1. The number of para-hydroxylation sites is 2. The highest BCUT2D eigenvalue weighted by molar-refractivity contribution is 9.10. The van der Waals surface area contributed by atoms with Crippen molar-refractivity contribution < 1.29 is 9.84 Å². The summed E-state index contributed by atoms with van der Waals surface area (Å²) < 4.78 is 8.14. The van der Waals surface area contributed by atoms with Gasteiger partial charge in [-0.1, -0.05) is 58.4 Å². The number of aromatic hydroxyl groups is 1. The predicted molar refractivity (Wildman–Crippen MR) is 134 cm³/mol. The summed E-state index contributed by atoms with van der Waals surface area (Å²) >= 11 is 3.50. The van der Waals surface area contributed by atoms with E-state index in [9.17, 15) is 10.4 Å². The molecule has 0 saturated heterocycles. The zero-order valence-corrected chi connectivity index (χ0v) is 19.2. The quantitative estimate of drug-likeness (QED) is 0.302. The number of phenolic OH excluding ortho intramolecular Hbond substituents is 1. The molecule has 3 aromatic carbocycles. The van der Waals surface area contributed by atoms with Crippen LogP contribution in [-0.4, -0.2) is 21.6 Å². The summed E-state index contributed by atoms with van der Waals surface area (Å²) in [6, 6.07) is 25.5. The molecule has 0 saturated carbocycles. The molecule has 0 aliphatic rings. The van der Waals surface area contributed by atoms with Crippen molar-refractivity contribution in [1.29, 1.82) is 5.26 Å². The third-order valence-electron chi connectivity index (χ3n) is 5.52. The molecule has 0 spiro atoms. The van der Waals surface area contributed by atoms with Gasteiger partial charge in [0.05, 0.1) is 23.8 Å². The summed E-state index contributed by atoms with van der Waals surface area (Å²) in [6.07, 6.45) is 3.74. The van der Waals surface area contributed by atoms with Crippen LogP contribution in [-0.2, 0) is 0 Å². The molecular formula is C27H18BrN3O2. The zero-order chi connectivity index (χ0) is 22.9. The van der Waals surface area contributed by atoms with Crippen LogP contribution in [0, 0.1) is 11.3 Å². The molecule has 33 heavy (non-hydrogen) atoms. The van der Waals surface area contributed by atoms with E-state index < -0.39 is 0 Å². The van der Waals surface area contributed by atoms with Crippen LogP contribution >= 0.6 is 15.9 Å². The summed E-state index contributed by atoms with van der Waals surface area (Å²) in [5, 5.41) is 20.1. The van der Waals surface area contributed by atoms with Crippen LogP contribution in [0.4, 0.5) is 0 Å². The third-order valence-corrected chi connectivity index (χ3v) is 6.04. The largest absolute Gasteiger partial charge is 0.504 e. The van der Waals surface area contributed by atoms with Gasteiger partial charge in [-0.15, -0.1) is 0 Å². The van der Waals surface area contributed by atoms with Crippen molar-refractivity contribution in [3.63, 3.8) is 0 Å². The maximum absolute atomic E-state index is 10.1. The number of rotatable bonds is 4. The van der Waals surface area contributed by atoms with E-state index >= 15 is 0 Å². The molecule has 2 aromatic heterocycles. The van der Waals surface area contributed by atoms with E-state index in [0.29, 0.717) is 17.0 Å². The number of hydrogen-bond donors (Lipinski definition) is 1. The van der Waals surface area contributed by atoms with E-state index in [0.717, 1.165) is 37.9 Å². The number of nitriles is 1. The second-order valence-electron chi connectivity index (χ2n) is 7.50. The average molecular weight is 496 g/mol. The number of fused-ring (bicyclic) bond motifs is 3. The number of ether oxygens (including phenoxy) is 1. The Morgan fingerprint density at radius 2 is 1.82 bits per heavy atom. The van der Waals surface area contributed by atoms with Crippen molar-refractivity contribution in [2.45, 2.75) is 0 Å². The van der Waals surface area contributed by atoms with Gasteiger partial charge in [-0.25, -0.2) is 4.98 Å². The van der Waals surface area contributed by atoms with Gasteiger partial charge in [-0.2, -0.15) is 5.26 Å². The second kappa shape index (κ2) is 8.45. The SMILES string of the molecule is COc1ccc(C=Cc2cc(-c3ccc(Br)cc3)n3c(nc4ccccc43)c2C#N)cc1O. The van der Waals surface area contributed by atoms with Crippen LogP contribution in [0.15, 0.2) is 77.3 Å². The summed E-state index contributed by atoms with van der Waals surface area (Å²) in [5.74, 6) is 0.471. The number of pyridine rings is 1. The van der Waals surface area contributed by atoms with Crippen LogP contribution in [0.25, 0.3) is 40.1 Å². The Morgan fingerprint density at radius 3 is 2.55 bits per heavy atom. The average Bonchev–Trinajstić information content (AvgIpc) is 3.22. The summed E-state index contributed by atoms with van der Waals surface area (Å²) in [7, 11) is 1.51. The molecule has 2 heterocycles. The van der Waals surface area contributed by atoms with Crippen molar-refractivity contribution in [3.05, 3.63) is 94.0 Å². The van der Waals surface area contributed by atoms with Crippen LogP contribution in [0.2, 0.25) is 0 Å². The smallest absolute Gasteiger partial charge is 0.160 e. The molecule has 160 valence electrons. The van der Waals surface area contributed by atoms with Crippen molar-refractivity contribution in [1.82, 2.24) is 9.38 Å². The molecule has 0 atom stereocenters. The fraction of sp³-hybridized carbons (Fsp3) is 0.0370. The third kappa shape index (κ3) is 3.73. The molecule has 0 fully saturated rings. The number of aromatic nitrogens is 2. The number of halogens is 1. The highest BCUT2D eigenvalue weighted by Crippen LogP contribution is 2.32. The second-order valence-corrected chi connectivity index (χ2v) is 8.42. The minimum atomic E-state index is 0.0608. The molecule has 5 rings (SSSR count). The Balaban J connectivity index is 1.75. The molecular weight excluding hydrogens is 478 g/mol. The van der Waals surface area contributed by atoms with E-state index in [1.807, 2.05) is 77.2 Å². The van der Waals surface area contributed by atoms with E-state index in [4.69, 9.17) is 9.72 Å². The van der Waals surface area contributed by atoms with Crippen molar-refractivity contribution >= 4 is 44.8 Å². The van der Waals surface area contributed by atoms with Gasteiger partial charge < -0.3 is 9.84 Å². The molecule has 0 aliphatic heterocycles. The van der Waals surface area contributed by atoms with Gasteiger partial charge in [-0.05, 0) is 59.2 Å². The lowest BCUT2D eigenvalue weighted by Gasteiger charge is -2.11.